The lowest BCUT2D eigenvalue weighted by atomic mass is 10.0. The molecule has 0 saturated carbocycles. The van der Waals surface area contributed by atoms with Crippen LogP contribution < -0.4 is 0 Å². The van der Waals surface area contributed by atoms with E-state index >= 15 is 0 Å². The van der Waals surface area contributed by atoms with E-state index in [0.717, 1.165) is 25.7 Å². The molecule has 0 aliphatic rings. The molecule has 0 aliphatic heterocycles. The van der Waals surface area contributed by atoms with Gasteiger partial charge >= 0.3 is 0 Å². The summed E-state index contributed by atoms with van der Waals surface area (Å²) in [5.74, 6) is 0. The zero-order valence-electron chi connectivity index (χ0n) is 19.7. The molecular weight excluding hydrogens is 350 g/mol. The predicted octanol–water partition coefficient (Wildman–Crippen LogP) is 9.04. The molecule has 28 heavy (non-hydrogen) atoms. The lowest BCUT2D eigenvalue weighted by Gasteiger charge is -2.11. The Hall–Kier alpha value is -0.800. The molecule has 0 spiro atoms. The Balaban J connectivity index is 0. The van der Waals surface area contributed by atoms with Crippen LogP contribution in [-0.2, 0) is 4.84 Å². The van der Waals surface area contributed by atoms with Gasteiger partial charge in [0.05, 0.1) is 0 Å². The molecule has 0 radical (unpaired) electrons. The van der Waals surface area contributed by atoms with Crippen molar-refractivity contribution >= 4 is 0 Å². The summed E-state index contributed by atoms with van der Waals surface area (Å²) in [6.45, 7) is 8.59. The van der Waals surface area contributed by atoms with Gasteiger partial charge in [-0.2, -0.15) is 0 Å². The first-order valence-corrected chi connectivity index (χ1v) is 12.4. The van der Waals surface area contributed by atoms with Crippen molar-refractivity contribution in [3.05, 3.63) is 10.1 Å². The van der Waals surface area contributed by atoms with Crippen LogP contribution in [-0.4, -0.2) is 11.2 Å². The highest BCUT2D eigenvalue weighted by Gasteiger charge is 2.09. The summed E-state index contributed by atoms with van der Waals surface area (Å²) < 4.78 is 0. The minimum Gasteiger partial charge on any atom is -0.311 e. The summed E-state index contributed by atoms with van der Waals surface area (Å²) in [5.41, 5.74) is 0. The molecule has 0 aromatic heterocycles. The molecule has 0 aliphatic carbocycles. The zero-order chi connectivity index (χ0) is 21.3. The van der Waals surface area contributed by atoms with E-state index in [2.05, 4.69) is 25.6 Å². The highest BCUT2D eigenvalue weighted by atomic mass is 17.0. The van der Waals surface area contributed by atoms with Gasteiger partial charge in [-0.3, -0.25) is 0 Å². The average Bonchev–Trinajstić information content (AvgIpc) is 2.68. The van der Waals surface area contributed by atoms with E-state index in [9.17, 15) is 10.1 Å². The first kappa shape index (κ1) is 29.4. The molecule has 0 bridgehead atoms. The van der Waals surface area contributed by atoms with Crippen molar-refractivity contribution in [2.45, 2.75) is 156 Å². The number of nitrogens with zero attached hydrogens (tertiary/aromatic N) is 1. The second kappa shape index (κ2) is 26.2. The van der Waals surface area contributed by atoms with Gasteiger partial charge in [-0.1, -0.05) is 137 Å². The molecule has 4 nitrogen and oxygen atoms in total. The highest BCUT2D eigenvalue weighted by Crippen LogP contribution is 2.12. The van der Waals surface area contributed by atoms with Gasteiger partial charge in [-0.05, 0) is 12.8 Å². The quantitative estimate of drug-likeness (QED) is 0.116. The third kappa shape index (κ3) is 27.4. The monoisotopic (exact) mass is 401 g/mol. The summed E-state index contributed by atoms with van der Waals surface area (Å²) in [7, 11) is 0. The SMILES string of the molecule is CCCCCC(CC)O[N+](=O)[O-].CCCCCCCCCCCCCCCC. The molecule has 0 aromatic carbocycles. The van der Waals surface area contributed by atoms with Crippen LogP contribution in [0.3, 0.4) is 0 Å². The third-order valence-electron chi connectivity index (χ3n) is 5.28. The van der Waals surface area contributed by atoms with Crippen LogP contribution in [0.4, 0.5) is 0 Å². The van der Waals surface area contributed by atoms with Crippen molar-refractivity contribution in [2.75, 3.05) is 0 Å². The maximum absolute atomic E-state index is 9.98. The molecule has 0 heterocycles. The van der Waals surface area contributed by atoms with Gasteiger partial charge in [0.15, 0.2) is 0 Å². The van der Waals surface area contributed by atoms with Crippen molar-refractivity contribution in [1.82, 2.24) is 0 Å². The van der Waals surface area contributed by atoms with Crippen LogP contribution >= 0.6 is 0 Å². The third-order valence-corrected chi connectivity index (χ3v) is 5.28. The normalized spacial score (nSPS) is 11.6. The Bertz CT molecular complexity index is 284. The van der Waals surface area contributed by atoms with Gasteiger partial charge < -0.3 is 4.84 Å². The molecule has 0 saturated heterocycles. The molecule has 0 aromatic rings. The Morgan fingerprint density at radius 3 is 1.21 bits per heavy atom. The molecule has 4 heteroatoms. The summed E-state index contributed by atoms with van der Waals surface area (Å²) in [6.07, 6.45) is 25.0. The van der Waals surface area contributed by atoms with Gasteiger partial charge in [0, 0.05) is 0 Å². The second-order valence-corrected chi connectivity index (χ2v) is 8.10. The van der Waals surface area contributed by atoms with E-state index in [1.165, 1.54) is 89.9 Å². The molecule has 0 amide bonds. The lowest BCUT2D eigenvalue weighted by molar-refractivity contribution is -0.768. The van der Waals surface area contributed by atoms with Crippen molar-refractivity contribution < 1.29 is 9.92 Å². The minimum atomic E-state index is -0.694. The first-order chi connectivity index (χ1) is 13.6. The average molecular weight is 402 g/mol. The number of unbranched alkanes of at least 4 members (excludes halogenated alkanes) is 15. The van der Waals surface area contributed by atoms with E-state index in [1.54, 1.807) is 0 Å². The fourth-order valence-electron chi connectivity index (χ4n) is 3.34. The highest BCUT2D eigenvalue weighted by molar-refractivity contribution is 4.53. The number of hydrogen-bond acceptors (Lipinski definition) is 3. The van der Waals surface area contributed by atoms with Crippen molar-refractivity contribution in [2.24, 2.45) is 0 Å². The van der Waals surface area contributed by atoms with Crippen molar-refractivity contribution in [3.8, 4) is 0 Å². The molecule has 1 atom stereocenters. The Kier molecular flexibility index (Phi) is 27.5. The Labute approximate surface area is 176 Å². The van der Waals surface area contributed by atoms with E-state index < -0.39 is 5.09 Å². The van der Waals surface area contributed by atoms with E-state index in [4.69, 9.17) is 0 Å². The van der Waals surface area contributed by atoms with E-state index in [0.29, 0.717) is 6.42 Å². The van der Waals surface area contributed by atoms with Crippen molar-refractivity contribution in [1.29, 1.82) is 0 Å². The molecule has 170 valence electrons. The maximum Gasteiger partial charge on any atom is 0.294 e. The Morgan fingerprint density at radius 2 is 0.929 bits per heavy atom. The van der Waals surface area contributed by atoms with Crippen molar-refractivity contribution in [3.63, 3.8) is 0 Å². The zero-order valence-corrected chi connectivity index (χ0v) is 19.7. The van der Waals surface area contributed by atoms with Crippen LogP contribution in [0.25, 0.3) is 0 Å². The van der Waals surface area contributed by atoms with Gasteiger partial charge in [-0.25, -0.2) is 0 Å². The lowest BCUT2D eigenvalue weighted by Crippen LogP contribution is -2.15. The summed E-state index contributed by atoms with van der Waals surface area (Å²) in [4.78, 5) is 14.5. The predicted molar refractivity (Wildman–Crippen MR) is 122 cm³/mol. The second-order valence-electron chi connectivity index (χ2n) is 8.10. The minimum absolute atomic E-state index is 0.202. The van der Waals surface area contributed by atoms with E-state index in [-0.39, 0.29) is 6.10 Å². The van der Waals surface area contributed by atoms with Gasteiger partial charge in [0.25, 0.3) is 5.09 Å². The molecular formula is C24H51NO3. The standard InChI is InChI=1S/C16H34.C8H17NO3/c1-3-5-7-9-11-13-15-16-14-12-10-8-6-4-2;1-3-5-6-7-8(4-2)12-9(10)11/h3-16H2,1-2H3;8H,3-7H2,1-2H3. The smallest absolute Gasteiger partial charge is 0.294 e. The van der Waals surface area contributed by atoms with Crippen LogP contribution in [0.2, 0.25) is 0 Å². The largest absolute Gasteiger partial charge is 0.311 e. The summed E-state index contributed by atoms with van der Waals surface area (Å²) >= 11 is 0. The molecule has 0 N–H and O–H groups in total. The summed E-state index contributed by atoms with van der Waals surface area (Å²) in [5, 5.41) is 9.29. The van der Waals surface area contributed by atoms with Crippen LogP contribution in [0.15, 0.2) is 0 Å². The van der Waals surface area contributed by atoms with Crippen LogP contribution in [0.1, 0.15) is 150 Å². The summed E-state index contributed by atoms with van der Waals surface area (Å²) in [6, 6.07) is 0. The van der Waals surface area contributed by atoms with Gasteiger partial charge in [0.1, 0.15) is 6.10 Å². The molecule has 0 fully saturated rings. The van der Waals surface area contributed by atoms with Gasteiger partial charge in [0.2, 0.25) is 0 Å². The van der Waals surface area contributed by atoms with Crippen LogP contribution in [0, 0.1) is 10.1 Å². The van der Waals surface area contributed by atoms with E-state index in [1.807, 2.05) is 6.92 Å². The number of hydrogen-bond donors (Lipinski definition) is 0. The number of rotatable bonds is 20. The molecule has 1 unspecified atom stereocenters. The van der Waals surface area contributed by atoms with Gasteiger partial charge in [-0.15, -0.1) is 10.1 Å². The maximum atomic E-state index is 9.98. The Morgan fingerprint density at radius 1 is 0.607 bits per heavy atom. The fourth-order valence-corrected chi connectivity index (χ4v) is 3.34. The first-order valence-electron chi connectivity index (χ1n) is 12.4. The van der Waals surface area contributed by atoms with Crippen LogP contribution in [0.5, 0.6) is 0 Å². The fraction of sp³-hybridized carbons (Fsp3) is 1.00. The topological polar surface area (TPSA) is 52.4 Å². The molecule has 0 rings (SSSR count).